The minimum Gasteiger partial charge on any atom is -0.254 e. The fourth-order valence-electron chi connectivity index (χ4n) is 3.06. The summed E-state index contributed by atoms with van der Waals surface area (Å²) in [4.78, 5) is -0.114. The lowest BCUT2D eigenvalue weighted by Crippen LogP contribution is -2.32. The van der Waals surface area contributed by atoms with E-state index in [2.05, 4.69) is 13.0 Å². The number of benzene rings is 1. The van der Waals surface area contributed by atoms with Gasteiger partial charge in [0.15, 0.2) is 0 Å². The number of nitriles is 1. The van der Waals surface area contributed by atoms with Crippen molar-refractivity contribution in [2.75, 3.05) is 0 Å². The van der Waals surface area contributed by atoms with E-state index in [1.165, 1.54) is 0 Å². The maximum Gasteiger partial charge on any atom is 0.139 e. The Morgan fingerprint density at radius 1 is 1.38 bits per heavy atom. The van der Waals surface area contributed by atoms with E-state index in [-0.39, 0.29) is 10.8 Å². The van der Waals surface area contributed by atoms with E-state index in [0.717, 1.165) is 37.5 Å². The molecule has 5 heteroatoms. The van der Waals surface area contributed by atoms with E-state index >= 15 is 0 Å². The highest BCUT2D eigenvalue weighted by molar-refractivity contribution is 7.85. The zero-order chi connectivity index (χ0) is 15.4. The lowest BCUT2D eigenvalue weighted by Gasteiger charge is -2.32. The van der Waals surface area contributed by atoms with Gasteiger partial charge >= 0.3 is 0 Å². The van der Waals surface area contributed by atoms with Gasteiger partial charge in [-0.25, -0.2) is 8.78 Å². The highest BCUT2D eigenvalue weighted by atomic mass is 32.2. The Morgan fingerprint density at radius 2 is 2.14 bits per heavy atom. The van der Waals surface area contributed by atoms with Crippen molar-refractivity contribution in [3.05, 3.63) is 29.8 Å². The molecule has 0 bridgehead atoms. The molecule has 1 aromatic rings. The summed E-state index contributed by atoms with van der Waals surface area (Å²) < 4.78 is 39.7. The Hall–Kier alpha value is -1.28. The second-order valence-corrected chi connectivity index (χ2v) is 7.25. The molecule has 2 nitrogen and oxygen atoms in total. The van der Waals surface area contributed by atoms with Crippen LogP contribution in [0, 0.1) is 34.8 Å². The molecule has 0 N–H and O–H groups in total. The van der Waals surface area contributed by atoms with Gasteiger partial charge in [-0.2, -0.15) is 5.26 Å². The van der Waals surface area contributed by atoms with Crippen LogP contribution >= 0.6 is 0 Å². The zero-order valence-corrected chi connectivity index (χ0v) is 12.8. The fourth-order valence-corrected chi connectivity index (χ4v) is 4.82. The molecule has 2 rings (SSSR count). The minimum atomic E-state index is -1.68. The van der Waals surface area contributed by atoms with Crippen LogP contribution in [0.3, 0.4) is 0 Å². The maximum absolute atomic E-state index is 13.8. The van der Waals surface area contributed by atoms with Crippen LogP contribution in [0.4, 0.5) is 8.78 Å². The highest BCUT2D eigenvalue weighted by Crippen LogP contribution is 2.36. The molecule has 4 unspecified atom stereocenters. The summed E-state index contributed by atoms with van der Waals surface area (Å²) in [5.41, 5.74) is 0. The quantitative estimate of drug-likeness (QED) is 0.837. The summed E-state index contributed by atoms with van der Waals surface area (Å²) in [6.45, 7) is 2.09. The van der Waals surface area contributed by atoms with E-state index in [4.69, 9.17) is 0 Å². The van der Waals surface area contributed by atoms with E-state index in [1.807, 2.05) is 0 Å². The first-order chi connectivity index (χ1) is 10.1. The van der Waals surface area contributed by atoms with Crippen molar-refractivity contribution in [2.45, 2.75) is 49.2 Å². The molecule has 1 aliphatic carbocycles. The maximum atomic E-state index is 13.8. The van der Waals surface area contributed by atoms with Gasteiger partial charge in [0.05, 0.1) is 32.9 Å². The van der Waals surface area contributed by atoms with Crippen molar-refractivity contribution < 1.29 is 13.0 Å². The Balaban J connectivity index is 2.25. The Bertz CT molecular complexity index is 570. The second-order valence-electron chi connectivity index (χ2n) is 5.61. The average Bonchev–Trinajstić information content (AvgIpc) is 2.49. The third kappa shape index (κ3) is 3.68. The summed E-state index contributed by atoms with van der Waals surface area (Å²) in [6.07, 6.45) is 4.35. The van der Waals surface area contributed by atoms with Gasteiger partial charge < -0.3 is 0 Å². The molecular weight excluding hydrogens is 292 g/mol. The van der Waals surface area contributed by atoms with Gasteiger partial charge in [0.25, 0.3) is 0 Å². The van der Waals surface area contributed by atoms with Crippen LogP contribution in [-0.2, 0) is 10.8 Å². The van der Waals surface area contributed by atoms with Gasteiger partial charge in [-0.3, -0.25) is 4.21 Å². The van der Waals surface area contributed by atoms with Gasteiger partial charge in [-0.15, -0.1) is 0 Å². The van der Waals surface area contributed by atoms with Crippen LogP contribution < -0.4 is 0 Å². The minimum absolute atomic E-state index is 0.114. The van der Waals surface area contributed by atoms with Crippen molar-refractivity contribution in [3.63, 3.8) is 0 Å². The lowest BCUT2D eigenvalue weighted by atomic mass is 9.80. The lowest BCUT2D eigenvalue weighted by molar-refractivity contribution is 0.303. The summed E-state index contributed by atoms with van der Waals surface area (Å²) in [5.74, 6) is -1.19. The summed E-state index contributed by atoms with van der Waals surface area (Å²) in [6, 6.07) is 5.19. The van der Waals surface area contributed by atoms with Gasteiger partial charge in [-0.05, 0) is 43.4 Å². The van der Waals surface area contributed by atoms with E-state index in [9.17, 15) is 18.3 Å². The van der Waals surface area contributed by atoms with Crippen LogP contribution in [0.2, 0.25) is 0 Å². The number of hydrogen-bond acceptors (Lipinski definition) is 2. The third-order valence-corrected chi connectivity index (χ3v) is 5.97. The zero-order valence-electron chi connectivity index (χ0n) is 12.0. The molecular formula is C16H19F2NOS. The number of halogens is 2. The Kier molecular flexibility index (Phi) is 5.46. The molecule has 0 radical (unpaired) electrons. The van der Waals surface area contributed by atoms with Crippen molar-refractivity contribution in [2.24, 2.45) is 11.8 Å². The third-order valence-electron chi connectivity index (χ3n) is 4.15. The van der Waals surface area contributed by atoms with Crippen molar-refractivity contribution in [1.82, 2.24) is 0 Å². The Labute approximate surface area is 126 Å². The van der Waals surface area contributed by atoms with Crippen molar-refractivity contribution >= 4 is 10.8 Å². The predicted molar refractivity (Wildman–Crippen MR) is 77.9 cm³/mol. The summed E-state index contributed by atoms with van der Waals surface area (Å²) in [7, 11) is -1.68. The summed E-state index contributed by atoms with van der Waals surface area (Å²) >= 11 is 0. The summed E-state index contributed by atoms with van der Waals surface area (Å²) in [5, 5.41) is 8.84. The fraction of sp³-hybridized carbons (Fsp3) is 0.562. The van der Waals surface area contributed by atoms with E-state index < -0.39 is 27.7 Å². The molecule has 1 aromatic carbocycles. The number of nitrogens with zero attached hydrogens (tertiary/aromatic N) is 1. The van der Waals surface area contributed by atoms with Gasteiger partial charge in [0.2, 0.25) is 0 Å². The van der Waals surface area contributed by atoms with Gasteiger partial charge in [-0.1, -0.05) is 19.8 Å². The smallest absolute Gasteiger partial charge is 0.139 e. The van der Waals surface area contributed by atoms with Gasteiger partial charge in [0.1, 0.15) is 11.6 Å². The van der Waals surface area contributed by atoms with Crippen molar-refractivity contribution in [3.8, 4) is 6.07 Å². The molecule has 21 heavy (non-hydrogen) atoms. The first kappa shape index (κ1) is 16.1. The normalized spacial score (nSPS) is 27.0. The Morgan fingerprint density at radius 3 is 2.81 bits per heavy atom. The van der Waals surface area contributed by atoms with Crippen LogP contribution in [0.5, 0.6) is 0 Å². The molecule has 1 aliphatic rings. The van der Waals surface area contributed by atoms with E-state index in [0.29, 0.717) is 18.8 Å². The molecule has 0 amide bonds. The van der Waals surface area contributed by atoms with Gasteiger partial charge in [0, 0.05) is 0 Å². The van der Waals surface area contributed by atoms with Crippen molar-refractivity contribution in [1.29, 1.82) is 5.26 Å². The van der Waals surface area contributed by atoms with E-state index in [1.54, 1.807) is 0 Å². The number of rotatable bonds is 4. The highest BCUT2D eigenvalue weighted by Gasteiger charge is 2.35. The molecule has 114 valence electrons. The number of hydrogen-bond donors (Lipinski definition) is 0. The van der Waals surface area contributed by atoms with Crippen LogP contribution in [-0.4, -0.2) is 9.46 Å². The monoisotopic (exact) mass is 311 g/mol. The van der Waals surface area contributed by atoms with Crippen LogP contribution in [0.1, 0.15) is 39.0 Å². The molecule has 0 aliphatic heterocycles. The second kappa shape index (κ2) is 7.13. The first-order valence-electron chi connectivity index (χ1n) is 7.32. The predicted octanol–water partition coefficient (Wildman–Crippen LogP) is 4.18. The SMILES string of the molecule is CCCC1CCC(C#N)C(S(=O)c2cc(F)ccc2F)C1. The average molecular weight is 311 g/mol. The topological polar surface area (TPSA) is 40.9 Å². The van der Waals surface area contributed by atoms with Crippen LogP contribution in [0.15, 0.2) is 23.1 Å². The molecule has 1 fully saturated rings. The largest absolute Gasteiger partial charge is 0.254 e. The standard InChI is InChI=1S/C16H19F2NOS/c1-2-3-11-4-5-12(10-19)15(8-11)21(20)16-9-13(17)6-7-14(16)18/h6-7,9,11-12,15H,2-5,8H2,1H3. The van der Waals surface area contributed by atoms with Crippen LogP contribution in [0.25, 0.3) is 0 Å². The molecule has 1 saturated carbocycles. The molecule has 0 spiro atoms. The molecule has 0 saturated heterocycles. The molecule has 0 aromatic heterocycles. The first-order valence-corrected chi connectivity index (χ1v) is 8.53. The molecule has 0 heterocycles. The molecule has 4 atom stereocenters.